The van der Waals surface area contributed by atoms with Gasteiger partial charge in [-0.1, -0.05) is 37.3 Å². The molecule has 0 saturated heterocycles. The highest BCUT2D eigenvalue weighted by Gasteiger charge is 2.05. The molecule has 2 aromatic heterocycles. The van der Waals surface area contributed by atoms with Gasteiger partial charge < -0.3 is 5.73 Å². The van der Waals surface area contributed by atoms with Crippen molar-refractivity contribution in [1.82, 2.24) is 9.97 Å². The first kappa shape index (κ1) is 14.4. The largest absolute Gasteiger partial charge is 0.384 e. The number of halogens is 1. The number of anilines is 1. The highest BCUT2D eigenvalue weighted by Crippen LogP contribution is 2.18. The van der Waals surface area contributed by atoms with Crippen LogP contribution in [0.25, 0.3) is 0 Å². The Morgan fingerprint density at radius 2 is 1.85 bits per heavy atom. The van der Waals surface area contributed by atoms with Gasteiger partial charge in [-0.2, -0.15) is 0 Å². The zero-order valence-corrected chi connectivity index (χ0v) is 12.3. The number of pyridine rings is 2. The minimum Gasteiger partial charge on any atom is -0.384 e. The lowest BCUT2D eigenvalue weighted by molar-refractivity contribution is 1.03. The molecule has 20 heavy (non-hydrogen) atoms. The molecule has 2 rings (SSSR count). The highest BCUT2D eigenvalue weighted by molar-refractivity contribution is 6.31. The Kier molecular flexibility index (Phi) is 4.60. The van der Waals surface area contributed by atoms with E-state index in [1.165, 1.54) is 0 Å². The topological polar surface area (TPSA) is 51.8 Å². The molecule has 2 N–H and O–H groups in total. The van der Waals surface area contributed by atoms with Crippen LogP contribution in [0.4, 0.5) is 5.82 Å². The van der Waals surface area contributed by atoms with Gasteiger partial charge in [0.15, 0.2) is 0 Å². The maximum absolute atomic E-state index is 6.20. The number of aryl methyl sites for hydroxylation is 2. The van der Waals surface area contributed by atoms with E-state index >= 15 is 0 Å². The van der Waals surface area contributed by atoms with Gasteiger partial charge in [-0.05, 0) is 31.0 Å². The van der Waals surface area contributed by atoms with Crippen LogP contribution < -0.4 is 5.73 Å². The average Bonchev–Trinajstić information content (AvgIpc) is 2.46. The fraction of sp³-hybridized carbons (Fsp3) is 0.250. The van der Waals surface area contributed by atoms with Crippen molar-refractivity contribution in [2.24, 2.45) is 0 Å². The molecule has 0 aliphatic heterocycles. The van der Waals surface area contributed by atoms with Gasteiger partial charge in [0.1, 0.15) is 5.82 Å². The van der Waals surface area contributed by atoms with Crippen LogP contribution in [0.2, 0.25) is 5.02 Å². The third-order valence-electron chi connectivity index (χ3n) is 2.97. The molecule has 2 aromatic rings. The van der Waals surface area contributed by atoms with Gasteiger partial charge in [0, 0.05) is 11.8 Å². The van der Waals surface area contributed by atoms with Crippen molar-refractivity contribution in [2.45, 2.75) is 26.7 Å². The summed E-state index contributed by atoms with van der Waals surface area (Å²) in [6, 6.07) is 5.41. The molecule has 0 fully saturated rings. The molecule has 0 aliphatic carbocycles. The van der Waals surface area contributed by atoms with Crippen molar-refractivity contribution >= 4 is 17.4 Å². The lowest BCUT2D eigenvalue weighted by Gasteiger charge is -2.03. The minimum atomic E-state index is 0.515. The monoisotopic (exact) mass is 285 g/mol. The zero-order valence-electron chi connectivity index (χ0n) is 11.6. The van der Waals surface area contributed by atoms with Gasteiger partial charge in [0.2, 0.25) is 0 Å². The fourth-order valence-corrected chi connectivity index (χ4v) is 2.12. The Hall–Kier alpha value is -2.05. The smallest absolute Gasteiger partial charge is 0.123 e. The summed E-state index contributed by atoms with van der Waals surface area (Å²) in [4.78, 5) is 8.60. The third kappa shape index (κ3) is 3.09. The van der Waals surface area contributed by atoms with Crippen molar-refractivity contribution in [1.29, 1.82) is 0 Å². The van der Waals surface area contributed by atoms with E-state index in [4.69, 9.17) is 17.3 Å². The molecule has 0 saturated carbocycles. The molecular formula is C16H16ClN3. The maximum atomic E-state index is 6.20. The molecule has 0 amide bonds. The number of hydrogen-bond donors (Lipinski definition) is 1. The molecule has 3 nitrogen and oxygen atoms in total. The van der Waals surface area contributed by atoms with Crippen molar-refractivity contribution in [2.75, 3.05) is 5.73 Å². The second-order valence-electron chi connectivity index (χ2n) is 4.30. The summed E-state index contributed by atoms with van der Waals surface area (Å²) in [7, 11) is 0. The molecule has 0 radical (unpaired) electrons. The number of hydrogen-bond acceptors (Lipinski definition) is 3. The molecular weight excluding hydrogens is 270 g/mol. The maximum Gasteiger partial charge on any atom is 0.123 e. The average molecular weight is 286 g/mol. The van der Waals surface area contributed by atoms with Crippen molar-refractivity contribution in [3.63, 3.8) is 0 Å². The summed E-state index contributed by atoms with van der Waals surface area (Å²) in [6.07, 6.45) is 3.29. The van der Waals surface area contributed by atoms with E-state index < -0.39 is 0 Å². The SMILES string of the molecule is CCc1nc(N)ccc1C#Cc1c(Cl)ccnc1CC. The molecule has 0 aliphatic rings. The third-order valence-corrected chi connectivity index (χ3v) is 3.28. The summed E-state index contributed by atoms with van der Waals surface area (Å²) in [5.74, 6) is 6.76. The Morgan fingerprint density at radius 3 is 2.55 bits per heavy atom. The predicted molar refractivity (Wildman–Crippen MR) is 82.6 cm³/mol. The normalized spacial score (nSPS) is 9.95. The van der Waals surface area contributed by atoms with E-state index in [9.17, 15) is 0 Å². The van der Waals surface area contributed by atoms with Crippen LogP contribution in [0, 0.1) is 11.8 Å². The predicted octanol–water partition coefficient (Wildman–Crippen LogP) is 3.24. The van der Waals surface area contributed by atoms with Crippen molar-refractivity contribution < 1.29 is 0 Å². The number of rotatable bonds is 2. The summed E-state index contributed by atoms with van der Waals surface area (Å²) >= 11 is 6.20. The molecule has 0 spiro atoms. The van der Waals surface area contributed by atoms with Crippen LogP contribution in [-0.4, -0.2) is 9.97 Å². The van der Waals surface area contributed by atoms with Gasteiger partial charge in [0.05, 0.1) is 22.0 Å². The second-order valence-corrected chi connectivity index (χ2v) is 4.71. The van der Waals surface area contributed by atoms with Gasteiger partial charge >= 0.3 is 0 Å². The molecule has 0 aromatic carbocycles. The number of aromatic nitrogens is 2. The minimum absolute atomic E-state index is 0.515. The first-order chi connectivity index (χ1) is 9.65. The molecule has 102 valence electrons. The van der Waals surface area contributed by atoms with Crippen molar-refractivity contribution in [3.05, 3.63) is 51.9 Å². The molecule has 4 heteroatoms. The van der Waals surface area contributed by atoms with Crippen LogP contribution in [0.3, 0.4) is 0 Å². The zero-order chi connectivity index (χ0) is 14.5. The van der Waals surface area contributed by atoms with Gasteiger partial charge in [-0.25, -0.2) is 4.98 Å². The first-order valence-corrected chi connectivity index (χ1v) is 6.94. The Morgan fingerprint density at radius 1 is 1.10 bits per heavy atom. The van der Waals surface area contributed by atoms with E-state index in [0.717, 1.165) is 35.4 Å². The number of nitrogens with zero attached hydrogens (tertiary/aromatic N) is 2. The first-order valence-electron chi connectivity index (χ1n) is 6.56. The van der Waals surface area contributed by atoms with Gasteiger partial charge in [0.25, 0.3) is 0 Å². The van der Waals surface area contributed by atoms with Crippen LogP contribution in [-0.2, 0) is 12.8 Å². The van der Waals surface area contributed by atoms with Crippen LogP contribution in [0.15, 0.2) is 24.4 Å². The lowest BCUT2D eigenvalue weighted by atomic mass is 10.1. The molecule has 2 heterocycles. The van der Waals surface area contributed by atoms with E-state index in [1.54, 1.807) is 18.3 Å². The summed E-state index contributed by atoms with van der Waals surface area (Å²) in [5.41, 5.74) is 9.16. The second kappa shape index (κ2) is 6.40. The van der Waals surface area contributed by atoms with Crippen LogP contribution >= 0.6 is 11.6 Å². The Labute approximate surface area is 124 Å². The molecule has 0 unspecified atom stereocenters. The Bertz CT molecular complexity index is 684. The highest BCUT2D eigenvalue weighted by atomic mass is 35.5. The Balaban J connectivity index is 2.46. The molecule has 0 atom stereocenters. The lowest BCUT2D eigenvalue weighted by Crippen LogP contribution is -1.98. The number of nitrogens with two attached hydrogens (primary N) is 1. The van der Waals surface area contributed by atoms with Crippen LogP contribution in [0.5, 0.6) is 0 Å². The fourth-order valence-electron chi connectivity index (χ4n) is 1.91. The molecule has 0 bridgehead atoms. The van der Waals surface area contributed by atoms with E-state index in [2.05, 4.69) is 21.8 Å². The van der Waals surface area contributed by atoms with E-state index in [-0.39, 0.29) is 0 Å². The standard InChI is InChI=1S/C16H16ClN3/c1-3-14-11(6-8-16(18)20-14)5-7-12-13(17)9-10-19-15(12)4-2/h6,8-10H,3-4H2,1-2H3,(H2,18,20). The van der Waals surface area contributed by atoms with Gasteiger partial charge in [-0.15, -0.1) is 0 Å². The summed E-state index contributed by atoms with van der Waals surface area (Å²) in [5, 5.41) is 0.630. The van der Waals surface area contributed by atoms with Crippen molar-refractivity contribution in [3.8, 4) is 11.8 Å². The quantitative estimate of drug-likeness (QED) is 0.862. The summed E-state index contributed by atoms with van der Waals surface area (Å²) < 4.78 is 0. The number of nitrogen functional groups attached to an aromatic ring is 1. The van der Waals surface area contributed by atoms with E-state index in [1.807, 2.05) is 19.9 Å². The summed E-state index contributed by atoms with van der Waals surface area (Å²) in [6.45, 7) is 4.06. The van der Waals surface area contributed by atoms with Crippen LogP contribution in [0.1, 0.15) is 36.4 Å². The van der Waals surface area contributed by atoms with E-state index in [0.29, 0.717) is 10.8 Å². The van der Waals surface area contributed by atoms with Gasteiger partial charge in [-0.3, -0.25) is 4.98 Å².